The van der Waals surface area contributed by atoms with Crippen LogP contribution in [0.15, 0.2) is 12.3 Å². The van der Waals surface area contributed by atoms with Gasteiger partial charge in [0.15, 0.2) is 5.65 Å². The Hall–Kier alpha value is -1.04. The van der Waals surface area contributed by atoms with Crippen molar-refractivity contribution < 1.29 is 0 Å². The molecule has 0 aromatic carbocycles. The van der Waals surface area contributed by atoms with Crippen LogP contribution in [0.3, 0.4) is 0 Å². The first-order valence-electron chi connectivity index (χ1n) is 9.64. The highest BCUT2D eigenvalue weighted by Crippen LogP contribution is 2.51. The zero-order chi connectivity index (χ0) is 16.1. The van der Waals surface area contributed by atoms with Gasteiger partial charge < -0.3 is 11.1 Å². The number of nitrogens with one attached hydrogen (secondary N) is 1. The van der Waals surface area contributed by atoms with E-state index in [-0.39, 0.29) is 24.8 Å². The van der Waals surface area contributed by atoms with Crippen molar-refractivity contribution in [1.29, 1.82) is 0 Å². The molecule has 2 aromatic rings. The normalized spacial score (nSPS) is 26.3. The number of nitrogens with two attached hydrogens (primary N) is 1. The summed E-state index contributed by atoms with van der Waals surface area (Å²) in [5.74, 6) is 1.20. The molecule has 3 aliphatic rings. The van der Waals surface area contributed by atoms with E-state index in [0.717, 1.165) is 24.9 Å². The molecule has 5 nitrogen and oxygen atoms in total. The Morgan fingerprint density at radius 1 is 1.12 bits per heavy atom. The lowest BCUT2D eigenvalue weighted by Gasteiger charge is -2.29. The Morgan fingerprint density at radius 3 is 2.69 bits per heavy atom. The van der Waals surface area contributed by atoms with Crippen LogP contribution in [0.1, 0.15) is 69.0 Å². The maximum Gasteiger partial charge on any atom is 0.157 e. The first-order valence-corrected chi connectivity index (χ1v) is 9.64. The molecule has 2 heterocycles. The average molecular weight is 398 g/mol. The molecule has 0 amide bonds. The summed E-state index contributed by atoms with van der Waals surface area (Å²) < 4.78 is 2.02. The average Bonchev–Trinajstić information content (AvgIpc) is 3.30. The van der Waals surface area contributed by atoms with Gasteiger partial charge in [-0.15, -0.1) is 24.8 Å². The molecule has 2 atom stereocenters. The predicted molar refractivity (Wildman–Crippen MR) is 110 cm³/mol. The second kappa shape index (κ2) is 7.53. The Bertz CT molecular complexity index is 769. The predicted octanol–water partition coefficient (Wildman–Crippen LogP) is 4.01. The van der Waals surface area contributed by atoms with Crippen molar-refractivity contribution in [2.24, 2.45) is 5.73 Å². The highest BCUT2D eigenvalue weighted by Gasteiger charge is 2.44. The van der Waals surface area contributed by atoms with Crippen molar-refractivity contribution in [3.63, 3.8) is 0 Å². The first kappa shape index (κ1) is 19.7. The maximum absolute atomic E-state index is 6.20. The van der Waals surface area contributed by atoms with Crippen LogP contribution >= 0.6 is 24.8 Å². The largest absolute Gasteiger partial charge is 0.367 e. The molecule has 7 heteroatoms. The van der Waals surface area contributed by atoms with Gasteiger partial charge in [-0.25, -0.2) is 4.98 Å². The van der Waals surface area contributed by atoms with E-state index >= 15 is 0 Å². The Labute approximate surface area is 167 Å². The molecule has 26 heavy (non-hydrogen) atoms. The van der Waals surface area contributed by atoms with Crippen molar-refractivity contribution in [1.82, 2.24) is 14.6 Å². The van der Waals surface area contributed by atoms with Crippen LogP contribution < -0.4 is 11.1 Å². The Morgan fingerprint density at radius 2 is 1.92 bits per heavy atom. The van der Waals surface area contributed by atoms with E-state index in [9.17, 15) is 0 Å². The van der Waals surface area contributed by atoms with E-state index in [1.165, 1.54) is 62.0 Å². The number of rotatable bonds is 2. The molecule has 2 saturated carbocycles. The second-order valence-electron chi connectivity index (χ2n) is 8.14. The number of hydrogen-bond acceptors (Lipinski definition) is 4. The van der Waals surface area contributed by atoms with Crippen molar-refractivity contribution in [3.05, 3.63) is 23.5 Å². The van der Waals surface area contributed by atoms with Crippen LogP contribution in [-0.2, 0) is 11.8 Å². The lowest BCUT2D eigenvalue weighted by molar-refractivity contribution is 0.408. The summed E-state index contributed by atoms with van der Waals surface area (Å²) in [6.07, 6.45) is 14.2. The third-order valence-electron chi connectivity index (χ3n) is 6.60. The van der Waals surface area contributed by atoms with Gasteiger partial charge in [0.05, 0.1) is 11.9 Å². The monoisotopic (exact) mass is 397 g/mol. The fraction of sp³-hybridized carbons (Fsp3) is 0.684. The zero-order valence-electron chi connectivity index (χ0n) is 15.1. The number of fused-ring (bicyclic) bond motifs is 3. The molecule has 3 N–H and O–H groups in total. The van der Waals surface area contributed by atoms with Gasteiger partial charge in [0.1, 0.15) is 5.82 Å². The summed E-state index contributed by atoms with van der Waals surface area (Å²) >= 11 is 0. The summed E-state index contributed by atoms with van der Waals surface area (Å²) in [7, 11) is 0. The fourth-order valence-corrected chi connectivity index (χ4v) is 5.37. The van der Waals surface area contributed by atoms with Gasteiger partial charge in [-0.2, -0.15) is 9.61 Å². The van der Waals surface area contributed by atoms with Gasteiger partial charge in [0, 0.05) is 29.1 Å². The molecular formula is C19H29Cl2N5. The Kier molecular flexibility index (Phi) is 5.71. The summed E-state index contributed by atoms with van der Waals surface area (Å²) in [4.78, 5) is 5.06. The van der Waals surface area contributed by atoms with Crippen LogP contribution in [-0.4, -0.2) is 26.7 Å². The number of aromatic nitrogens is 3. The molecule has 0 saturated heterocycles. The molecule has 2 fully saturated rings. The summed E-state index contributed by atoms with van der Waals surface area (Å²) in [5.41, 5.74) is 10.3. The standard InChI is InChI=1S/C19H27N5.2ClH/c20-13-4-3-5-14(12-13)22-18-15-6-10-19(8-1-2-9-19)17(15)23-16-7-11-21-24(16)18;;/h7,11,13-14,22H,1-6,8-10,12,20H2;2*1H/t13-,14-;;/m0../s1. The zero-order valence-corrected chi connectivity index (χ0v) is 16.7. The second-order valence-corrected chi connectivity index (χ2v) is 8.14. The molecule has 0 unspecified atom stereocenters. The quantitative estimate of drug-likeness (QED) is 0.802. The minimum Gasteiger partial charge on any atom is -0.367 e. The van der Waals surface area contributed by atoms with Crippen molar-refractivity contribution >= 4 is 36.3 Å². The summed E-state index contributed by atoms with van der Waals surface area (Å²) in [6, 6.07) is 2.84. The van der Waals surface area contributed by atoms with Gasteiger partial charge in [0.2, 0.25) is 0 Å². The highest BCUT2D eigenvalue weighted by atomic mass is 35.5. The molecular weight excluding hydrogens is 369 g/mol. The van der Waals surface area contributed by atoms with E-state index in [2.05, 4.69) is 10.4 Å². The summed E-state index contributed by atoms with van der Waals surface area (Å²) in [5, 5.41) is 8.38. The molecule has 5 rings (SSSR count). The van der Waals surface area contributed by atoms with Crippen LogP contribution in [0.4, 0.5) is 5.82 Å². The van der Waals surface area contributed by atoms with E-state index in [4.69, 9.17) is 10.7 Å². The van der Waals surface area contributed by atoms with E-state index < -0.39 is 0 Å². The molecule has 0 aliphatic heterocycles. The highest BCUT2D eigenvalue weighted by molar-refractivity contribution is 5.85. The molecule has 144 valence electrons. The van der Waals surface area contributed by atoms with E-state index in [1.807, 2.05) is 16.8 Å². The minimum absolute atomic E-state index is 0. The van der Waals surface area contributed by atoms with Crippen LogP contribution in [0.25, 0.3) is 5.65 Å². The van der Waals surface area contributed by atoms with Gasteiger partial charge >= 0.3 is 0 Å². The van der Waals surface area contributed by atoms with Gasteiger partial charge in [-0.3, -0.25) is 0 Å². The van der Waals surface area contributed by atoms with E-state index in [1.54, 1.807) is 0 Å². The first-order chi connectivity index (χ1) is 11.8. The molecule has 0 bridgehead atoms. The summed E-state index contributed by atoms with van der Waals surface area (Å²) in [6.45, 7) is 0. The van der Waals surface area contributed by atoms with Crippen molar-refractivity contribution in [2.45, 2.75) is 81.7 Å². The lowest BCUT2D eigenvalue weighted by atomic mass is 9.83. The fourth-order valence-electron chi connectivity index (χ4n) is 5.37. The molecule has 2 aromatic heterocycles. The van der Waals surface area contributed by atoms with Crippen molar-refractivity contribution in [2.75, 3.05) is 5.32 Å². The van der Waals surface area contributed by atoms with Gasteiger partial charge in [0.25, 0.3) is 0 Å². The van der Waals surface area contributed by atoms with Gasteiger partial charge in [-0.1, -0.05) is 12.8 Å². The van der Waals surface area contributed by atoms with Crippen molar-refractivity contribution in [3.8, 4) is 0 Å². The third kappa shape index (κ3) is 3.08. The number of hydrogen-bond donors (Lipinski definition) is 2. The topological polar surface area (TPSA) is 68.2 Å². The maximum atomic E-state index is 6.20. The third-order valence-corrected chi connectivity index (χ3v) is 6.60. The smallest absolute Gasteiger partial charge is 0.157 e. The molecule has 3 aliphatic carbocycles. The minimum atomic E-state index is 0. The molecule has 1 spiro atoms. The number of nitrogens with zero attached hydrogens (tertiary/aromatic N) is 3. The van der Waals surface area contributed by atoms with Crippen LogP contribution in [0.5, 0.6) is 0 Å². The van der Waals surface area contributed by atoms with Gasteiger partial charge in [-0.05, 0) is 51.4 Å². The number of anilines is 1. The SMILES string of the molecule is Cl.Cl.N[C@H]1CCC[C@H](Nc2c3c(nc4ccnn24)C2(CCCC2)CC3)C1. The van der Waals surface area contributed by atoms with Crippen LogP contribution in [0.2, 0.25) is 0 Å². The van der Waals surface area contributed by atoms with E-state index in [0.29, 0.717) is 17.5 Å². The lowest BCUT2D eigenvalue weighted by Crippen LogP contribution is -2.35. The Balaban J connectivity index is 0.000000980. The van der Waals surface area contributed by atoms with Crippen LogP contribution in [0, 0.1) is 0 Å². The number of halogens is 2. The molecule has 0 radical (unpaired) electrons.